The summed E-state index contributed by atoms with van der Waals surface area (Å²) in [4.78, 5) is 28.3. The van der Waals surface area contributed by atoms with Gasteiger partial charge in [0.2, 0.25) is 0 Å². The number of pyridine rings is 1. The summed E-state index contributed by atoms with van der Waals surface area (Å²) in [5.74, 6) is 0. The van der Waals surface area contributed by atoms with E-state index in [1.165, 1.54) is 0 Å². The summed E-state index contributed by atoms with van der Waals surface area (Å²) in [6, 6.07) is 1.72. The number of nitrogens with zero attached hydrogens (tertiary/aromatic N) is 1. The van der Waals surface area contributed by atoms with Crippen LogP contribution in [0.1, 0.15) is 50.8 Å². The molecule has 1 amide bonds. The summed E-state index contributed by atoms with van der Waals surface area (Å²) in [6.45, 7) is 6.40. The van der Waals surface area contributed by atoms with Gasteiger partial charge in [0.05, 0.1) is 6.04 Å². The van der Waals surface area contributed by atoms with Crippen molar-refractivity contribution in [1.29, 1.82) is 0 Å². The molecule has 0 aliphatic carbocycles. The van der Waals surface area contributed by atoms with E-state index < -0.39 is 5.60 Å². The van der Waals surface area contributed by atoms with Gasteiger partial charge in [-0.3, -0.25) is 4.79 Å². The highest BCUT2D eigenvalue weighted by Crippen LogP contribution is 2.32. The number of hydrogen-bond donors (Lipinski definition) is 2. The molecule has 2 rings (SSSR count). The highest BCUT2D eigenvalue weighted by atomic mass is 16.6. The number of nitrogens with two attached hydrogens (primary N) is 1. The molecule has 0 aromatic carbocycles. The van der Waals surface area contributed by atoms with Gasteiger partial charge in [-0.05, 0) is 45.2 Å². The average Bonchev–Trinajstić information content (AvgIpc) is 2.86. The third kappa shape index (κ3) is 3.64. The van der Waals surface area contributed by atoms with Crippen LogP contribution in [0.15, 0.2) is 17.1 Å². The molecule has 6 heteroatoms. The summed E-state index contributed by atoms with van der Waals surface area (Å²) in [7, 11) is 0. The summed E-state index contributed by atoms with van der Waals surface area (Å²) in [5, 5.41) is 0. The fourth-order valence-corrected chi connectivity index (χ4v) is 2.55. The number of aromatic amines is 1. The first-order valence-electron chi connectivity index (χ1n) is 7.23. The topological polar surface area (TPSA) is 88.4 Å². The molecule has 1 aliphatic rings. The number of H-pyrrole nitrogens is 1. The Labute approximate surface area is 124 Å². The van der Waals surface area contributed by atoms with Crippen LogP contribution in [0.3, 0.4) is 0 Å². The maximum atomic E-state index is 12.3. The third-order valence-electron chi connectivity index (χ3n) is 3.49. The molecule has 1 aromatic rings. The Morgan fingerprint density at radius 3 is 2.86 bits per heavy atom. The number of carbonyl (C=O) groups is 1. The Balaban J connectivity index is 2.22. The number of amides is 1. The molecule has 116 valence electrons. The van der Waals surface area contributed by atoms with Crippen LogP contribution in [-0.4, -0.2) is 28.1 Å². The second kappa shape index (κ2) is 5.89. The standard InChI is InChI=1S/C15H23N3O3/c1-15(2,3)21-14(20)18-6-4-5-12(18)11-7-10(8-16)13(19)17-9-11/h7,9,12H,4-6,8,16H2,1-3H3,(H,17,19). The zero-order chi connectivity index (χ0) is 15.6. The van der Waals surface area contributed by atoms with Crippen LogP contribution in [0.2, 0.25) is 0 Å². The Morgan fingerprint density at radius 1 is 1.52 bits per heavy atom. The monoisotopic (exact) mass is 293 g/mol. The molecular weight excluding hydrogens is 270 g/mol. The van der Waals surface area contributed by atoms with Crippen molar-refractivity contribution < 1.29 is 9.53 Å². The minimum Gasteiger partial charge on any atom is -0.444 e. The quantitative estimate of drug-likeness (QED) is 0.871. The van der Waals surface area contributed by atoms with Crippen LogP contribution >= 0.6 is 0 Å². The second-order valence-electron chi connectivity index (χ2n) is 6.32. The Morgan fingerprint density at radius 2 is 2.24 bits per heavy atom. The second-order valence-corrected chi connectivity index (χ2v) is 6.32. The fourth-order valence-electron chi connectivity index (χ4n) is 2.55. The van der Waals surface area contributed by atoms with E-state index in [9.17, 15) is 9.59 Å². The van der Waals surface area contributed by atoms with E-state index in [4.69, 9.17) is 10.5 Å². The first kappa shape index (κ1) is 15.6. The molecule has 0 radical (unpaired) electrons. The van der Waals surface area contributed by atoms with Gasteiger partial charge < -0.3 is 20.4 Å². The Hall–Kier alpha value is -1.82. The lowest BCUT2D eigenvalue weighted by molar-refractivity contribution is 0.0224. The van der Waals surface area contributed by atoms with Gasteiger partial charge >= 0.3 is 6.09 Å². The lowest BCUT2D eigenvalue weighted by atomic mass is 10.0. The Bertz CT molecular complexity index is 574. The third-order valence-corrected chi connectivity index (χ3v) is 3.49. The molecule has 3 N–H and O–H groups in total. The molecule has 0 bridgehead atoms. The maximum absolute atomic E-state index is 12.3. The normalized spacial score (nSPS) is 18.9. The number of ether oxygens (including phenoxy) is 1. The van der Waals surface area contributed by atoms with Crippen molar-refractivity contribution in [3.05, 3.63) is 33.7 Å². The van der Waals surface area contributed by atoms with Gasteiger partial charge in [0, 0.05) is 24.8 Å². The average molecular weight is 293 g/mol. The molecule has 0 saturated carbocycles. The van der Waals surface area contributed by atoms with E-state index in [1.807, 2.05) is 20.8 Å². The molecule has 0 spiro atoms. The minimum absolute atomic E-state index is 0.0676. The molecule has 1 atom stereocenters. The maximum Gasteiger partial charge on any atom is 0.410 e. The Kier molecular flexibility index (Phi) is 4.37. The van der Waals surface area contributed by atoms with Gasteiger partial charge in [-0.15, -0.1) is 0 Å². The van der Waals surface area contributed by atoms with Crippen LogP contribution in [0, 0.1) is 0 Å². The molecule has 1 saturated heterocycles. The van der Waals surface area contributed by atoms with Crippen molar-refractivity contribution in [3.63, 3.8) is 0 Å². The number of rotatable bonds is 2. The van der Waals surface area contributed by atoms with E-state index in [0.29, 0.717) is 12.1 Å². The number of likely N-dealkylation sites (tertiary alicyclic amines) is 1. The molecule has 1 unspecified atom stereocenters. The van der Waals surface area contributed by atoms with E-state index >= 15 is 0 Å². The van der Waals surface area contributed by atoms with E-state index in [1.54, 1.807) is 17.2 Å². The highest BCUT2D eigenvalue weighted by Gasteiger charge is 2.33. The van der Waals surface area contributed by atoms with Crippen LogP contribution in [-0.2, 0) is 11.3 Å². The summed E-state index contributed by atoms with van der Waals surface area (Å²) >= 11 is 0. The van der Waals surface area contributed by atoms with Gasteiger partial charge in [-0.25, -0.2) is 4.79 Å². The van der Waals surface area contributed by atoms with Gasteiger partial charge in [0.15, 0.2) is 0 Å². The number of nitrogens with one attached hydrogen (secondary N) is 1. The van der Waals surface area contributed by atoms with Crippen LogP contribution in [0.25, 0.3) is 0 Å². The zero-order valence-corrected chi connectivity index (χ0v) is 12.8. The van der Waals surface area contributed by atoms with Crippen molar-refractivity contribution in [1.82, 2.24) is 9.88 Å². The van der Waals surface area contributed by atoms with Crippen LogP contribution < -0.4 is 11.3 Å². The predicted molar refractivity (Wildman–Crippen MR) is 79.9 cm³/mol. The van der Waals surface area contributed by atoms with E-state index in [-0.39, 0.29) is 24.2 Å². The van der Waals surface area contributed by atoms with Crippen LogP contribution in [0.4, 0.5) is 4.79 Å². The van der Waals surface area contributed by atoms with Crippen molar-refractivity contribution in [2.75, 3.05) is 6.54 Å². The van der Waals surface area contributed by atoms with E-state index in [2.05, 4.69) is 4.98 Å². The highest BCUT2D eigenvalue weighted by molar-refractivity contribution is 5.69. The van der Waals surface area contributed by atoms with E-state index in [0.717, 1.165) is 18.4 Å². The lowest BCUT2D eigenvalue weighted by Crippen LogP contribution is -2.36. The largest absolute Gasteiger partial charge is 0.444 e. The lowest BCUT2D eigenvalue weighted by Gasteiger charge is -2.28. The van der Waals surface area contributed by atoms with Crippen molar-refractivity contribution >= 4 is 6.09 Å². The van der Waals surface area contributed by atoms with Gasteiger partial charge in [0.25, 0.3) is 5.56 Å². The van der Waals surface area contributed by atoms with Crippen molar-refractivity contribution in [3.8, 4) is 0 Å². The van der Waals surface area contributed by atoms with Gasteiger partial charge in [-0.1, -0.05) is 0 Å². The predicted octanol–water partition coefficient (Wildman–Crippen LogP) is 1.91. The zero-order valence-electron chi connectivity index (χ0n) is 12.8. The SMILES string of the molecule is CC(C)(C)OC(=O)N1CCCC1c1c[nH]c(=O)c(CN)c1. The molecular formula is C15H23N3O3. The van der Waals surface area contributed by atoms with Gasteiger partial charge in [-0.2, -0.15) is 0 Å². The van der Waals surface area contributed by atoms with Crippen molar-refractivity contribution in [2.24, 2.45) is 5.73 Å². The van der Waals surface area contributed by atoms with Crippen LogP contribution in [0.5, 0.6) is 0 Å². The van der Waals surface area contributed by atoms with Crippen molar-refractivity contribution in [2.45, 2.75) is 51.8 Å². The first-order chi connectivity index (χ1) is 9.81. The molecule has 1 aromatic heterocycles. The molecule has 2 heterocycles. The molecule has 6 nitrogen and oxygen atoms in total. The number of carbonyl (C=O) groups excluding carboxylic acids is 1. The molecule has 1 aliphatic heterocycles. The molecule has 21 heavy (non-hydrogen) atoms. The summed E-state index contributed by atoms with van der Waals surface area (Å²) in [6.07, 6.45) is 3.12. The fraction of sp³-hybridized carbons (Fsp3) is 0.600. The summed E-state index contributed by atoms with van der Waals surface area (Å²) < 4.78 is 5.44. The first-order valence-corrected chi connectivity index (χ1v) is 7.23. The summed E-state index contributed by atoms with van der Waals surface area (Å²) in [5.41, 5.74) is 6.31. The van der Waals surface area contributed by atoms with Gasteiger partial charge in [0.1, 0.15) is 5.60 Å². The number of hydrogen-bond acceptors (Lipinski definition) is 4. The smallest absolute Gasteiger partial charge is 0.410 e. The molecule has 1 fully saturated rings. The minimum atomic E-state index is -0.516. The number of aromatic nitrogens is 1.